The molecule has 34 heavy (non-hydrogen) atoms. The molecule has 0 radical (unpaired) electrons. The molecule has 0 spiro atoms. The zero-order chi connectivity index (χ0) is 24.1. The van der Waals surface area contributed by atoms with Gasteiger partial charge in [0.1, 0.15) is 0 Å². The quantitative estimate of drug-likeness (QED) is 0.728. The molecule has 1 N–H and O–H groups in total. The summed E-state index contributed by atoms with van der Waals surface area (Å²) in [5, 5.41) is 20.2. The number of piperidine rings is 1. The molecule has 4 rings (SSSR count). The number of benzene rings is 1. The van der Waals surface area contributed by atoms with Crippen molar-refractivity contribution in [3.8, 4) is 6.07 Å². The van der Waals surface area contributed by atoms with E-state index >= 15 is 0 Å². The molecule has 0 bridgehead atoms. The Bertz CT molecular complexity index is 876. The lowest BCUT2D eigenvalue weighted by molar-refractivity contribution is -0.136. The number of rotatable bonds is 4. The third-order valence-electron chi connectivity index (χ3n) is 8.04. The van der Waals surface area contributed by atoms with E-state index in [4.69, 9.17) is 4.74 Å². The van der Waals surface area contributed by atoms with E-state index in [2.05, 4.69) is 17.0 Å². The van der Waals surface area contributed by atoms with Crippen molar-refractivity contribution in [3.63, 3.8) is 0 Å². The highest BCUT2D eigenvalue weighted by atomic mass is 16.5. The molecular formula is C28H41N3O3. The Balaban J connectivity index is 1.45. The number of aliphatic hydroxyl groups excluding tert-OH is 1. The van der Waals surface area contributed by atoms with Crippen LogP contribution in [0.15, 0.2) is 24.3 Å². The van der Waals surface area contributed by atoms with E-state index in [1.165, 1.54) is 18.4 Å². The zero-order valence-corrected chi connectivity index (χ0v) is 20.9. The summed E-state index contributed by atoms with van der Waals surface area (Å²) in [6, 6.07) is 10.1. The maximum Gasteiger partial charge on any atom is 0.222 e. The molecule has 6 heteroatoms. The van der Waals surface area contributed by atoms with Gasteiger partial charge in [0.15, 0.2) is 0 Å². The van der Waals surface area contributed by atoms with Crippen LogP contribution in [0.1, 0.15) is 63.5 Å². The Kier molecular flexibility index (Phi) is 8.29. The summed E-state index contributed by atoms with van der Waals surface area (Å²) in [6.45, 7) is 9.27. The molecule has 2 aliphatic heterocycles. The van der Waals surface area contributed by atoms with Gasteiger partial charge in [-0.1, -0.05) is 26.0 Å². The normalized spacial score (nSPS) is 29.3. The number of likely N-dealkylation sites (tertiary alicyclic amines) is 1. The van der Waals surface area contributed by atoms with Gasteiger partial charge in [-0.15, -0.1) is 0 Å². The second kappa shape index (κ2) is 11.2. The van der Waals surface area contributed by atoms with Crippen LogP contribution in [0.2, 0.25) is 0 Å². The molecule has 186 valence electrons. The highest BCUT2D eigenvalue weighted by Gasteiger charge is 2.37. The number of amides is 1. The summed E-state index contributed by atoms with van der Waals surface area (Å²) in [5.74, 6) is 1.66. The largest absolute Gasteiger partial charge is 0.391 e. The van der Waals surface area contributed by atoms with Gasteiger partial charge in [-0.2, -0.15) is 5.26 Å². The lowest BCUT2D eigenvalue weighted by Crippen LogP contribution is -2.47. The molecule has 2 heterocycles. The van der Waals surface area contributed by atoms with Gasteiger partial charge in [-0.25, -0.2) is 0 Å². The number of aliphatic hydroxyl groups is 1. The van der Waals surface area contributed by atoms with Crippen LogP contribution >= 0.6 is 0 Å². The molecule has 1 aromatic carbocycles. The van der Waals surface area contributed by atoms with Crippen molar-refractivity contribution in [1.29, 1.82) is 5.26 Å². The van der Waals surface area contributed by atoms with Gasteiger partial charge < -0.3 is 14.7 Å². The fraction of sp³-hybridized carbons (Fsp3) is 0.714. The van der Waals surface area contributed by atoms with Crippen molar-refractivity contribution in [2.45, 2.75) is 65.0 Å². The number of β-amino-alcohol motifs (C(OH)–C–C–N with tert-alkyl or cyclic N) is 1. The first kappa shape index (κ1) is 25.2. The number of nitriles is 1. The van der Waals surface area contributed by atoms with Gasteiger partial charge in [0, 0.05) is 44.6 Å². The SMILES string of the molecule is CC1(C)COCCC[C@H]2CN(Cc3cccc(C#N)c3)CC[C@H]2CC(=O)N(CC2CC2)C[C@@H]1O. The number of ether oxygens (including phenoxy) is 1. The van der Waals surface area contributed by atoms with Crippen LogP contribution in [0.5, 0.6) is 0 Å². The average Bonchev–Trinajstić information content (AvgIpc) is 3.63. The van der Waals surface area contributed by atoms with Crippen LogP contribution < -0.4 is 0 Å². The first-order chi connectivity index (χ1) is 16.3. The van der Waals surface area contributed by atoms with Crippen molar-refractivity contribution in [1.82, 2.24) is 9.80 Å². The first-order valence-corrected chi connectivity index (χ1v) is 13.1. The second-order valence-corrected chi connectivity index (χ2v) is 11.5. The molecule has 0 unspecified atom stereocenters. The Morgan fingerprint density at radius 3 is 2.76 bits per heavy atom. The standard InChI is InChI=1S/C28H41N3O3/c1-28(2)20-34-12-4-7-25-18-30(16-23-6-3-5-22(13-23)15-29)11-10-24(25)14-27(33)31(19-26(28)32)17-21-8-9-21/h3,5-6,13,21,24-26,32H,4,7-12,14,16-20H2,1-2H3/t24-,25-,26-/m0/s1. The summed E-state index contributed by atoms with van der Waals surface area (Å²) >= 11 is 0. The summed E-state index contributed by atoms with van der Waals surface area (Å²) in [5.41, 5.74) is 1.50. The van der Waals surface area contributed by atoms with Crippen molar-refractivity contribution in [2.75, 3.05) is 39.4 Å². The van der Waals surface area contributed by atoms with E-state index < -0.39 is 6.10 Å². The number of carbonyl (C=O) groups excluding carboxylic acids is 1. The van der Waals surface area contributed by atoms with Crippen molar-refractivity contribution >= 4 is 5.91 Å². The molecule has 1 saturated carbocycles. The Morgan fingerprint density at radius 1 is 1.18 bits per heavy atom. The second-order valence-electron chi connectivity index (χ2n) is 11.5. The fourth-order valence-corrected chi connectivity index (χ4v) is 5.47. The number of fused-ring (bicyclic) bond motifs is 1. The first-order valence-electron chi connectivity index (χ1n) is 13.1. The number of hydrogen-bond donors (Lipinski definition) is 1. The molecule has 1 amide bonds. The van der Waals surface area contributed by atoms with E-state index in [9.17, 15) is 15.2 Å². The van der Waals surface area contributed by atoms with Crippen LogP contribution in [0, 0.1) is 34.5 Å². The minimum Gasteiger partial charge on any atom is -0.391 e. The van der Waals surface area contributed by atoms with E-state index in [0.717, 1.165) is 45.4 Å². The molecular weight excluding hydrogens is 426 g/mol. The zero-order valence-electron chi connectivity index (χ0n) is 20.9. The van der Waals surface area contributed by atoms with Gasteiger partial charge in [0.05, 0.1) is 24.3 Å². The number of carbonyl (C=O) groups is 1. The monoisotopic (exact) mass is 467 g/mol. The molecule has 1 aliphatic carbocycles. The van der Waals surface area contributed by atoms with Crippen molar-refractivity contribution in [2.24, 2.45) is 23.2 Å². The average molecular weight is 468 g/mol. The summed E-state index contributed by atoms with van der Waals surface area (Å²) in [6.07, 6.45) is 5.44. The van der Waals surface area contributed by atoms with Gasteiger partial charge in [0.25, 0.3) is 0 Å². The van der Waals surface area contributed by atoms with Crippen molar-refractivity contribution in [3.05, 3.63) is 35.4 Å². The molecule has 0 aromatic heterocycles. The molecule has 2 saturated heterocycles. The fourth-order valence-electron chi connectivity index (χ4n) is 5.47. The van der Waals surface area contributed by atoms with Crippen LogP contribution in [0.3, 0.4) is 0 Å². The predicted octanol–water partition coefficient (Wildman–Crippen LogP) is 3.82. The molecule has 1 aromatic rings. The number of nitrogens with zero attached hydrogens (tertiary/aromatic N) is 3. The third-order valence-corrected chi connectivity index (χ3v) is 8.04. The molecule has 3 atom stereocenters. The van der Waals surface area contributed by atoms with Gasteiger partial charge in [0.2, 0.25) is 5.91 Å². The molecule has 3 fully saturated rings. The van der Waals surface area contributed by atoms with E-state index in [1.54, 1.807) is 0 Å². The highest BCUT2D eigenvalue weighted by Crippen LogP contribution is 2.34. The van der Waals surface area contributed by atoms with E-state index in [0.29, 0.717) is 49.5 Å². The van der Waals surface area contributed by atoms with Gasteiger partial charge in [-0.3, -0.25) is 9.69 Å². The van der Waals surface area contributed by atoms with Gasteiger partial charge in [-0.05, 0) is 74.1 Å². The van der Waals surface area contributed by atoms with Crippen LogP contribution in [-0.2, 0) is 16.1 Å². The topological polar surface area (TPSA) is 76.8 Å². The third kappa shape index (κ3) is 6.81. The maximum absolute atomic E-state index is 13.5. The molecule has 3 aliphatic rings. The summed E-state index contributed by atoms with van der Waals surface area (Å²) in [7, 11) is 0. The van der Waals surface area contributed by atoms with Crippen LogP contribution in [-0.4, -0.2) is 66.3 Å². The minimum atomic E-state index is -0.585. The van der Waals surface area contributed by atoms with E-state index in [-0.39, 0.29) is 11.3 Å². The summed E-state index contributed by atoms with van der Waals surface area (Å²) in [4.78, 5) is 17.9. The van der Waals surface area contributed by atoms with Gasteiger partial charge >= 0.3 is 0 Å². The smallest absolute Gasteiger partial charge is 0.222 e. The lowest BCUT2D eigenvalue weighted by Gasteiger charge is -2.39. The Hall–Kier alpha value is -1.94. The van der Waals surface area contributed by atoms with Crippen LogP contribution in [0.25, 0.3) is 0 Å². The molecule has 6 nitrogen and oxygen atoms in total. The highest BCUT2D eigenvalue weighted by molar-refractivity contribution is 5.76. The number of hydrogen-bond acceptors (Lipinski definition) is 5. The Morgan fingerprint density at radius 2 is 2.00 bits per heavy atom. The van der Waals surface area contributed by atoms with Crippen molar-refractivity contribution < 1.29 is 14.6 Å². The summed E-state index contributed by atoms with van der Waals surface area (Å²) < 4.78 is 6.01. The maximum atomic E-state index is 13.5. The predicted molar refractivity (Wildman–Crippen MR) is 132 cm³/mol. The van der Waals surface area contributed by atoms with E-state index in [1.807, 2.05) is 36.9 Å². The minimum absolute atomic E-state index is 0.215. The lowest BCUT2D eigenvalue weighted by atomic mass is 9.80. The Labute approximate surface area is 204 Å². The van der Waals surface area contributed by atoms with Crippen LogP contribution in [0.4, 0.5) is 0 Å².